The number of hydrogen-bond acceptors (Lipinski definition) is 4. The molecule has 0 saturated carbocycles. The van der Waals surface area contributed by atoms with E-state index in [0.717, 1.165) is 12.8 Å². The zero-order valence-electron chi connectivity index (χ0n) is 11.6. The van der Waals surface area contributed by atoms with Crippen molar-refractivity contribution in [1.29, 1.82) is 0 Å². The van der Waals surface area contributed by atoms with Gasteiger partial charge in [0.15, 0.2) is 6.10 Å². The number of nitrogen functional groups attached to an aromatic ring is 1. The molecule has 6 heteroatoms. The number of ether oxygens (including phenoxy) is 1. The Morgan fingerprint density at radius 2 is 2.15 bits per heavy atom. The molecule has 0 saturated heterocycles. The fourth-order valence-electron chi connectivity index (χ4n) is 1.53. The van der Waals surface area contributed by atoms with Crippen LogP contribution in [0.5, 0.6) is 0 Å². The van der Waals surface area contributed by atoms with Crippen LogP contribution in [0.2, 0.25) is 5.02 Å². The van der Waals surface area contributed by atoms with E-state index in [9.17, 15) is 9.59 Å². The third-order valence-corrected chi connectivity index (χ3v) is 2.95. The minimum Gasteiger partial charge on any atom is -0.449 e. The summed E-state index contributed by atoms with van der Waals surface area (Å²) in [5.74, 6) is -0.961. The Hall–Kier alpha value is -1.75. The molecular weight excluding hydrogens is 280 g/mol. The lowest BCUT2D eigenvalue weighted by molar-refractivity contribution is -0.129. The summed E-state index contributed by atoms with van der Waals surface area (Å²) in [7, 11) is 0. The number of nitrogens with one attached hydrogen (secondary N) is 1. The van der Waals surface area contributed by atoms with Crippen molar-refractivity contribution in [1.82, 2.24) is 5.32 Å². The lowest BCUT2D eigenvalue weighted by Crippen LogP contribution is -2.36. The van der Waals surface area contributed by atoms with Crippen LogP contribution in [0, 0.1) is 0 Å². The number of unbranched alkanes of at least 4 members (excludes halogenated alkanes) is 1. The molecular formula is C14H19ClN2O3. The molecule has 0 spiro atoms. The number of esters is 1. The average molecular weight is 299 g/mol. The van der Waals surface area contributed by atoms with Crippen LogP contribution in [0.3, 0.4) is 0 Å². The maximum atomic E-state index is 11.9. The number of benzene rings is 1. The highest BCUT2D eigenvalue weighted by molar-refractivity contribution is 6.31. The van der Waals surface area contributed by atoms with Gasteiger partial charge in [0.05, 0.1) is 5.56 Å². The van der Waals surface area contributed by atoms with E-state index in [0.29, 0.717) is 11.6 Å². The van der Waals surface area contributed by atoms with Crippen LogP contribution in [0.15, 0.2) is 18.2 Å². The first-order chi connectivity index (χ1) is 9.45. The summed E-state index contributed by atoms with van der Waals surface area (Å²) >= 11 is 5.75. The van der Waals surface area contributed by atoms with Gasteiger partial charge in [0.1, 0.15) is 0 Å². The molecule has 1 aromatic carbocycles. The van der Waals surface area contributed by atoms with Crippen molar-refractivity contribution < 1.29 is 14.3 Å². The number of carbonyl (C=O) groups is 2. The summed E-state index contributed by atoms with van der Waals surface area (Å²) in [5.41, 5.74) is 6.11. The van der Waals surface area contributed by atoms with E-state index < -0.39 is 12.1 Å². The third-order valence-electron chi connectivity index (χ3n) is 2.72. The maximum Gasteiger partial charge on any atom is 0.341 e. The molecule has 0 aliphatic carbocycles. The highest BCUT2D eigenvalue weighted by Gasteiger charge is 2.19. The van der Waals surface area contributed by atoms with Crippen molar-refractivity contribution in [3.63, 3.8) is 0 Å². The summed E-state index contributed by atoms with van der Waals surface area (Å²) in [6.45, 7) is 4.12. The molecule has 1 rings (SSSR count). The van der Waals surface area contributed by atoms with E-state index in [1.807, 2.05) is 6.92 Å². The molecule has 0 aliphatic rings. The molecule has 0 bridgehead atoms. The first kappa shape index (κ1) is 16.3. The van der Waals surface area contributed by atoms with Gasteiger partial charge in [-0.25, -0.2) is 4.79 Å². The Labute approximate surface area is 123 Å². The number of rotatable bonds is 6. The quantitative estimate of drug-likeness (QED) is 0.480. The molecule has 0 heterocycles. The van der Waals surface area contributed by atoms with Gasteiger partial charge in [-0.05, 0) is 31.5 Å². The lowest BCUT2D eigenvalue weighted by Gasteiger charge is -2.14. The topological polar surface area (TPSA) is 81.4 Å². The van der Waals surface area contributed by atoms with Gasteiger partial charge in [-0.3, -0.25) is 4.79 Å². The van der Waals surface area contributed by atoms with Crippen LogP contribution in [0.1, 0.15) is 37.0 Å². The molecule has 20 heavy (non-hydrogen) atoms. The van der Waals surface area contributed by atoms with E-state index in [1.165, 1.54) is 19.1 Å². The van der Waals surface area contributed by atoms with Gasteiger partial charge >= 0.3 is 5.97 Å². The Morgan fingerprint density at radius 1 is 1.45 bits per heavy atom. The molecule has 0 aliphatic heterocycles. The van der Waals surface area contributed by atoms with Gasteiger partial charge in [-0.15, -0.1) is 0 Å². The predicted octanol–water partition coefficient (Wildman–Crippen LogP) is 2.38. The van der Waals surface area contributed by atoms with Gasteiger partial charge in [-0.2, -0.15) is 0 Å². The van der Waals surface area contributed by atoms with Crippen LogP contribution in [0.4, 0.5) is 5.69 Å². The normalized spacial score (nSPS) is 11.8. The predicted molar refractivity (Wildman–Crippen MR) is 78.7 cm³/mol. The fourth-order valence-corrected chi connectivity index (χ4v) is 1.71. The SMILES string of the molecule is CCCCNC(=O)C(C)OC(=O)c1ccc(Cl)cc1N. The molecule has 1 unspecified atom stereocenters. The first-order valence-electron chi connectivity index (χ1n) is 6.49. The minimum atomic E-state index is -0.866. The van der Waals surface area contributed by atoms with Crippen molar-refractivity contribution >= 4 is 29.2 Å². The van der Waals surface area contributed by atoms with Gasteiger partial charge < -0.3 is 15.8 Å². The van der Waals surface area contributed by atoms with Crippen molar-refractivity contribution in [2.75, 3.05) is 12.3 Å². The molecule has 5 nitrogen and oxygen atoms in total. The number of nitrogens with two attached hydrogens (primary N) is 1. The molecule has 1 aromatic rings. The number of anilines is 1. The van der Waals surface area contributed by atoms with Crippen molar-refractivity contribution in [2.24, 2.45) is 0 Å². The molecule has 0 radical (unpaired) electrons. The van der Waals surface area contributed by atoms with Crippen molar-refractivity contribution in [3.8, 4) is 0 Å². The van der Waals surface area contributed by atoms with E-state index in [2.05, 4.69) is 5.32 Å². The van der Waals surface area contributed by atoms with E-state index in [4.69, 9.17) is 22.1 Å². The monoisotopic (exact) mass is 298 g/mol. The second-order valence-electron chi connectivity index (χ2n) is 4.42. The highest BCUT2D eigenvalue weighted by atomic mass is 35.5. The lowest BCUT2D eigenvalue weighted by atomic mass is 10.2. The fraction of sp³-hybridized carbons (Fsp3) is 0.429. The maximum absolute atomic E-state index is 11.9. The third kappa shape index (κ3) is 4.74. The minimum absolute atomic E-state index is 0.197. The molecule has 1 amide bonds. The van der Waals surface area contributed by atoms with Gasteiger partial charge in [0.2, 0.25) is 0 Å². The van der Waals surface area contributed by atoms with Crippen LogP contribution >= 0.6 is 11.6 Å². The highest BCUT2D eigenvalue weighted by Crippen LogP contribution is 2.19. The van der Waals surface area contributed by atoms with Crippen LogP contribution < -0.4 is 11.1 Å². The second kappa shape index (κ2) is 7.75. The Morgan fingerprint density at radius 3 is 2.75 bits per heavy atom. The molecule has 0 aromatic heterocycles. The number of carbonyl (C=O) groups excluding carboxylic acids is 2. The van der Waals surface area contributed by atoms with E-state index in [1.54, 1.807) is 6.07 Å². The average Bonchev–Trinajstić information content (AvgIpc) is 2.38. The van der Waals surface area contributed by atoms with Gasteiger partial charge in [0.25, 0.3) is 5.91 Å². The number of hydrogen-bond donors (Lipinski definition) is 2. The van der Waals surface area contributed by atoms with Crippen LogP contribution in [-0.4, -0.2) is 24.5 Å². The van der Waals surface area contributed by atoms with Crippen LogP contribution in [-0.2, 0) is 9.53 Å². The Balaban J connectivity index is 2.58. The van der Waals surface area contributed by atoms with E-state index >= 15 is 0 Å². The summed E-state index contributed by atoms with van der Waals surface area (Å²) in [4.78, 5) is 23.6. The van der Waals surface area contributed by atoms with E-state index in [-0.39, 0.29) is 17.2 Å². The summed E-state index contributed by atoms with van der Waals surface area (Å²) in [6.07, 6.45) is 1.00. The van der Waals surface area contributed by atoms with Gasteiger partial charge in [0, 0.05) is 17.3 Å². The zero-order valence-corrected chi connectivity index (χ0v) is 12.4. The van der Waals surface area contributed by atoms with Crippen molar-refractivity contribution in [3.05, 3.63) is 28.8 Å². The van der Waals surface area contributed by atoms with Crippen LogP contribution in [0.25, 0.3) is 0 Å². The molecule has 110 valence electrons. The molecule has 0 fully saturated rings. The summed E-state index contributed by atoms with van der Waals surface area (Å²) in [6, 6.07) is 4.48. The first-order valence-corrected chi connectivity index (χ1v) is 6.87. The summed E-state index contributed by atoms with van der Waals surface area (Å²) < 4.78 is 5.08. The largest absolute Gasteiger partial charge is 0.449 e. The number of amides is 1. The Kier molecular flexibility index (Phi) is 6.31. The molecule has 3 N–H and O–H groups in total. The Bertz CT molecular complexity index is 491. The smallest absolute Gasteiger partial charge is 0.341 e. The second-order valence-corrected chi connectivity index (χ2v) is 4.86. The number of halogens is 1. The summed E-state index contributed by atoms with van der Waals surface area (Å²) in [5, 5.41) is 3.13. The van der Waals surface area contributed by atoms with Crippen molar-refractivity contribution in [2.45, 2.75) is 32.8 Å². The zero-order chi connectivity index (χ0) is 15.1. The standard InChI is InChI=1S/C14H19ClN2O3/c1-3-4-7-17-13(18)9(2)20-14(19)11-6-5-10(15)8-12(11)16/h5-6,8-9H,3-4,7,16H2,1-2H3,(H,17,18). The molecule has 1 atom stereocenters. The van der Waals surface area contributed by atoms with Gasteiger partial charge in [-0.1, -0.05) is 24.9 Å².